The summed E-state index contributed by atoms with van der Waals surface area (Å²) in [6.07, 6.45) is 2.82. The molecule has 10 heavy (non-hydrogen) atoms. The minimum Gasteiger partial charge on any atom is -0.387 e. The zero-order valence-electron chi connectivity index (χ0n) is 6.22. The number of hydrogen-bond acceptors (Lipinski definition) is 3. The van der Waals surface area contributed by atoms with Crippen molar-refractivity contribution in [2.24, 2.45) is 0 Å². The predicted octanol–water partition coefficient (Wildman–Crippen LogP) is 1.21. The Bertz CT molecular complexity index is 123. The summed E-state index contributed by atoms with van der Waals surface area (Å²) >= 11 is 0. The van der Waals surface area contributed by atoms with E-state index in [0.29, 0.717) is 18.6 Å². The fraction of sp³-hybridized carbons (Fsp3) is 0.714. The standard InChI is InChI=1S/C7H14N2O/c1-6(9)7(10)4-2-3-5-8/h5,7-10H,2-4H2,1H3. The van der Waals surface area contributed by atoms with Crippen LogP contribution in [-0.4, -0.2) is 23.1 Å². The lowest BCUT2D eigenvalue weighted by Crippen LogP contribution is -2.15. The van der Waals surface area contributed by atoms with E-state index in [1.807, 2.05) is 0 Å². The Balaban J connectivity index is 3.30. The Morgan fingerprint density at radius 1 is 1.70 bits per heavy atom. The van der Waals surface area contributed by atoms with E-state index in [9.17, 15) is 0 Å². The summed E-state index contributed by atoms with van der Waals surface area (Å²) in [4.78, 5) is 0. The van der Waals surface area contributed by atoms with Gasteiger partial charge in [0, 0.05) is 5.71 Å². The molecule has 0 aliphatic carbocycles. The van der Waals surface area contributed by atoms with Crippen LogP contribution < -0.4 is 0 Å². The molecule has 1 atom stereocenters. The average Bonchev–Trinajstić information content (AvgIpc) is 1.88. The second kappa shape index (κ2) is 5.11. The number of hydrogen-bond donors (Lipinski definition) is 3. The lowest BCUT2D eigenvalue weighted by atomic mass is 10.1. The smallest absolute Gasteiger partial charge is 0.0911 e. The molecule has 0 aliphatic rings. The molecule has 0 amide bonds. The highest BCUT2D eigenvalue weighted by Gasteiger charge is 2.03. The molecular weight excluding hydrogens is 128 g/mol. The van der Waals surface area contributed by atoms with Crippen molar-refractivity contribution in [2.75, 3.05) is 0 Å². The average molecular weight is 142 g/mol. The van der Waals surface area contributed by atoms with Crippen LogP contribution in [0.3, 0.4) is 0 Å². The summed E-state index contributed by atoms with van der Waals surface area (Å²) in [6.45, 7) is 1.59. The molecule has 0 fully saturated rings. The van der Waals surface area contributed by atoms with Crippen LogP contribution >= 0.6 is 0 Å². The van der Waals surface area contributed by atoms with Crippen LogP contribution in [0.5, 0.6) is 0 Å². The quantitative estimate of drug-likeness (QED) is 0.392. The molecule has 3 N–H and O–H groups in total. The maximum atomic E-state index is 9.05. The van der Waals surface area contributed by atoms with Gasteiger partial charge in [0.1, 0.15) is 0 Å². The molecule has 0 aromatic carbocycles. The van der Waals surface area contributed by atoms with Gasteiger partial charge in [-0.15, -0.1) is 0 Å². The van der Waals surface area contributed by atoms with Crippen LogP contribution in [-0.2, 0) is 0 Å². The number of nitrogens with one attached hydrogen (secondary N) is 2. The van der Waals surface area contributed by atoms with E-state index in [2.05, 4.69) is 0 Å². The lowest BCUT2D eigenvalue weighted by molar-refractivity contribution is 0.227. The summed E-state index contributed by atoms with van der Waals surface area (Å²) in [5, 5.41) is 22.8. The summed E-state index contributed by atoms with van der Waals surface area (Å²) in [5.74, 6) is 0. The van der Waals surface area contributed by atoms with Crippen molar-refractivity contribution in [1.82, 2.24) is 0 Å². The zero-order chi connectivity index (χ0) is 7.98. The Labute approximate surface area is 61.1 Å². The van der Waals surface area contributed by atoms with Crippen molar-refractivity contribution < 1.29 is 5.11 Å². The van der Waals surface area contributed by atoms with Gasteiger partial charge >= 0.3 is 0 Å². The van der Waals surface area contributed by atoms with E-state index >= 15 is 0 Å². The Morgan fingerprint density at radius 2 is 2.30 bits per heavy atom. The fourth-order valence-electron chi connectivity index (χ4n) is 0.630. The maximum Gasteiger partial charge on any atom is 0.0911 e. The van der Waals surface area contributed by atoms with E-state index in [1.165, 1.54) is 6.21 Å². The first kappa shape index (κ1) is 9.30. The fourth-order valence-corrected chi connectivity index (χ4v) is 0.630. The summed E-state index contributed by atoms with van der Waals surface area (Å²) in [7, 11) is 0. The Hall–Kier alpha value is -0.700. The van der Waals surface area contributed by atoms with Crippen LogP contribution in [0.15, 0.2) is 0 Å². The molecule has 0 heterocycles. The topological polar surface area (TPSA) is 67.9 Å². The van der Waals surface area contributed by atoms with Gasteiger partial charge in [0.15, 0.2) is 0 Å². The molecule has 0 aromatic rings. The van der Waals surface area contributed by atoms with E-state index in [0.717, 1.165) is 6.42 Å². The minimum atomic E-state index is -0.597. The molecule has 0 aromatic heterocycles. The maximum absolute atomic E-state index is 9.05. The van der Waals surface area contributed by atoms with Gasteiger partial charge in [-0.2, -0.15) is 0 Å². The van der Waals surface area contributed by atoms with Crippen LogP contribution in [0.4, 0.5) is 0 Å². The molecule has 0 rings (SSSR count). The molecule has 3 nitrogen and oxygen atoms in total. The Kier molecular flexibility index (Phi) is 4.76. The number of aliphatic hydroxyl groups is 1. The van der Waals surface area contributed by atoms with E-state index in [-0.39, 0.29) is 0 Å². The van der Waals surface area contributed by atoms with Crippen LogP contribution in [0.1, 0.15) is 26.2 Å². The van der Waals surface area contributed by atoms with Gasteiger partial charge in [-0.1, -0.05) is 0 Å². The molecule has 3 heteroatoms. The molecule has 0 bridgehead atoms. The van der Waals surface area contributed by atoms with Crippen LogP contribution in [0.25, 0.3) is 0 Å². The number of rotatable bonds is 5. The second-order valence-electron chi connectivity index (χ2n) is 2.33. The molecule has 58 valence electrons. The van der Waals surface area contributed by atoms with Crippen molar-refractivity contribution in [2.45, 2.75) is 32.3 Å². The van der Waals surface area contributed by atoms with Gasteiger partial charge in [-0.25, -0.2) is 0 Å². The second-order valence-corrected chi connectivity index (χ2v) is 2.33. The van der Waals surface area contributed by atoms with Crippen molar-refractivity contribution in [1.29, 1.82) is 10.8 Å². The number of aliphatic hydroxyl groups excluding tert-OH is 1. The van der Waals surface area contributed by atoms with Gasteiger partial charge in [-0.05, 0) is 32.4 Å². The first-order valence-corrected chi connectivity index (χ1v) is 3.40. The molecule has 0 spiro atoms. The third-order valence-corrected chi connectivity index (χ3v) is 1.33. The van der Waals surface area contributed by atoms with Gasteiger partial charge in [0.25, 0.3) is 0 Å². The third-order valence-electron chi connectivity index (χ3n) is 1.33. The number of unbranched alkanes of at least 4 members (excludes halogenated alkanes) is 1. The van der Waals surface area contributed by atoms with Crippen LogP contribution in [0, 0.1) is 10.8 Å². The first-order chi connectivity index (χ1) is 4.68. The molecule has 1 unspecified atom stereocenters. The van der Waals surface area contributed by atoms with Gasteiger partial charge in [0.05, 0.1) is 6.10 Å². The largest absolute Gasteiger partial charge is 0.387 e. The van der Waals surface area contributed by atoms with Crippen LogP contribution in [0.2, 0.25) is 0 Å². The van der Waals surface area contributed by atoms with Crippen molar-refractivity contribution >= 4 is 11.9 Å². The van der Waals surface area contributed by atoms with E-state index in [4.69, 9.17) is 15.9 Å². The third kappa shape index (κ3) is 4.21. The lowest BCUT2D eigenvalue weighted by Gasteiger charge is -2.05. The minimum absolute atomic E-state index is 0.310. The summed E-state index contributed by atoms with van der Waals surface area (Å²) < 4.78 is 0. The zero-order valence-corrected chi connectivity index (χ0v) is 6.22. The van der Waals surface area contributed by atoms with Gasteiger partial charge < -0.3 is 15.9 Å². The highest BCUT2D eigenvalue weighted by molar-refractivity contribution is 5.82. The van der Waals surface area contributed by atoms with Crippen molar-refractivity contribution in [3.8, 4) is 0 Å². The summed E-state index contributed by atoms with van der Waals surface area (Å²) in [5.41, 5.74) is 0.310. The van der Waals surface area contributed by atoms with E-state index in [1.54, 1.807) is 6.92 Å². The molecule has 0 saturated carbocycles. The highest BCUT2D eigenvalue weighted by Crippen LogP contribution is 1.99. The summed E-state index contributed by atoms with van der Waals surface area (Å²) in [6, 6.07) is 0. The van der Waals surface area contributed by atoms with Gasteiger partial charge in [0.2, 0.25) is 0 Å². The highest BCUT2D eigenvalue weighted by atomic mass is 16.3. The molecule has 0 radical (unpaired) electrons. The monoisotopic (exact) mass is 142 g/mol. The van der Waals surface area contributed by atoms with Crippen molar-refractivity contribution in [3.05, 3.63) is 0 Å². The molecule has 0 aliphatic heterocycles. The Morgan fingerprint density at radius 3 is 2.70 bits per heavy atom. The van der Waals surface area contributed by atoms with Gasteiger partial charge in [-0.3, -0.25) is 0 Å². The molecular formula is C7H14N2O. The molecule has 0 saturated heterocycles. The predicted molar refractivity (Wildman–Crippen MR) is 42.0 cm³/mol. The normalized spacial score (nSPS) is 12.6. The SMILES string of the molecule is CC(=N)C(O)CCCC=N. The van der Waals surface area contributed by atoms with E-state index < -0.39 is 6.10 Å². The first-order valence-electron chi connectivity index (χ1n) is 3.40. The van der Waals surface area contributed by atoms with Crippen molar-refractivity contribution in [3.63, 3.8) is 0 Å².